The van der Waals surface area contributed by atoms with E-state index in [9.17, 15) is 14.7 Å². The van der Waals surface area contributed by atoms with Crippen LogP contribution in [0.4, 0.5) is 5.13 Å². The molecule has 2 aliphatic rings. The van der Waals surface area contributed by atoms with E-state index >= 15 is 0 Å². The van der Waals surface area contributed by atoms with Crippen molar-refractivity contribution in [3.8, 4) is 0 Å². The van der Waals surface area contributed by atoms with Crippen LogP contribution in [0.5, 0.6) is 0 Å². The van der Waals surface area contributed by atoms with Gasteiger partial charge in [-0.25, -0.2) is 4.98 Å². The molecule has 5 nitrogen and oxygen atoms in total. The van der Waals surface area contributed by atoms with Gasteiger partial charge in [-0.2, -0.15) is 0 Å². The zero-order valence-corrected chi connectivity index (χ0v) is 12.1. The Hall–Kier alpha value is -1.69. The fourth-order valence-corrected chi connectivity index (χ4v) is 4.03. The molecule has 20 heavy (non-hydrogen) atoms. The summed E-state index contributed by atoms with van der Waals surface area (Å²) < 4.78 is 0. The Morgan fingerprint density at radius 3 is 2.50 bits per heavy atom. The van der Waals surface area contributed by atoms with Crippen LogP contribution in [0.1, 0.15) is 17.0 Å². The summed E-state index contributed by atoms with van der Waals surface area (Å²) in [6.45, 7) is 3.82. The van der Waals surface area contributed by atoms with Gasteiger partial charge in [-0.1, -0.05) is 12.2 Å². The number of aromatic nitrogens is 1. The second kappa shape index (κ2) is 4.70. The van der Waals surface area contributed by atoms with Gasteiger partial charge in [0.2, 0.25) is 5.91 Å². The van der Waals surface area contributed by atoms with Gasteiger partial charge in [0.05, 0.1) is 11.6 Å². The third kappa shape index (κ3) is 2.04. The highest BCUT2D eigenvalue weighted by atomic mass is 32.1. The Morgan fingerprint density at radius 2 is 1.95 bits per heavy atom. The zero-order valence-electron chi connectivity index (χ0n) is 11.3. The van der Waals surface area contributed by atoms with Gasteiger partial charge < -0.3 is 15.2 Å². The number of hydrogen-bond donors (Lipinski definition) is 1. The highest BCUT2D eigenvalue weighted by molar-refractivity contribution is 7.15. The van der Waals surface area contributed by atoms with Crippen LogP contribution < -0.4 is 10.4 Å². The minimum absolute atomic E-state index is 0.00468. The first-order chi connectivity index (χ1) is 9.47. The van der Waals surface area contributed by atoms with Crippen LogP contribution in [0.2, 0.25) is 0 Å². The molecule has 3 rings (SSSR count). The van der Waals surface area contributed by atoms with Gasteiger partial charge >= 0.3 is 0 Å². The summed E-state index contributed by atoms with van der Waals surface area (Å²) in [5.74, 6) is -2.71. The van der Waals surface area contributed by atoms with Crippen molar-refractivity contribution in [3.63, 3.8) is 0 Å². The SMILES string of the molecule is Cc1nc(NC(=O)[C@H]2[C@@H](C(=O)[O-])[C@H]3C=C[C@H]2C3)sc1C. The normalized spacial score (nSPS) is 30.7. The summed E-state index contributed by atoms with van der Waals surface area (Å²) in [7, 11) is 0. The Morgan fingerprint density at radius 1 is 1.30 bits per heavy atom. The number of hydrogen-bond acceptors (Lipinski definition) is 5. The summed E-state index contributed by atoms with van der Waals surface area (Å²) in [6.07, 6.45) is 4.58. The number of carboxylic acids is 1. The number of carbonyl (C=O) groups excluding carboxylic acids is 2. The highest BCUT2D eigenvalue weighted by Crippen LogP contribution is 2.48. The third-order valence-electron chi connectivity index (χ3n) is 4.29. The van der Waals surface area contributed by atoms with Crippen molar-refractivity contribution < 1.29 is 14.7 Å². The van der Waals surface area contributed by atoms with Crippen molar-refractivity contribution in [2.24, 2.45) is 23.7 Å². The molecule has 0 aliphatic heterocycles. The maximum absolute atomic E-state index is 12.4. The van der Waals surface area contributed by atoms with Crippen molar-refractivity contribution in [2.45, 2.75) is 20.3 Å². The summed E-state index contributed by atoms with van der Waals surface area (Å²) in [4.78, 5) is 29.0. The van der Waals surface area contributed by atoms with Crippen LogP contribution in [-0.2, 0) is 9.59 Å². The van der Waals surface area contributed by atoms with E-state index in [1.807, 2.05) is 26.0 Å². The van der Waals surface area contributed by atoms with Gasteiger partial charge in [0.15, 0.2) is 5.13 Å². The minimum Gasteiger partial charge on any atom is -0.550 e. The second-order valence-corrected chi connectivity index (χ2v) is 6.67. The molecule has 0 radical (unpaired) electrons. The van der Waals surface area contributed by atoms with Crippen LogP contribution in [0.3, 0.4) is 0 Å². The zero-order chi connectivity index (χ0) is 14.4. The molecule has 1 amide bonds. The molecule has 0 unspecified atom stereocenters. The van der Waals surface area contributed by atoms with Crippen LogP contribution in [-0.4, -0.2) is 16.9 Å². The number of rotatable bonds is 3. The van der Waals surface area contributed by atoms with Gasteiger partial charge in [-0.3, -0.25) is 4.79 Å². The monoisotopic (exact) mass is 291 g/mol. The Balaban J connectivity index is 1.79. The number of nitrogens with zero attached hydrogens (tertiary/aromatic N) is 1. The van der Waals surface area contributed by atoms with E-state index in [1.54, 1.807) is 0 Å². The summed E-state index contributed by atoms with van der Waals surface area (Å²) in [5.41, 5.74) is 0.884. The smallest absolute Gasteiger partial charge is 0.230 e. The maximum Gasteiger partial charge on any atom is 0.230 e. The average molecular weight is 291 g/mol. The first kappa shape index (κ1) is 13.3. The summed E-state index contributed by atoms with van der Waals surface area (Å²) in [5, 5.41) is 14.6. The van der Waals surface area contributed by atoms with Gasteiger partial charge in [0, 0.05) is 16.8 Å². The number of aryl methyl sites for hydroxylation is 2. The van der Waals surface area contributed by atoms with E-state index in [4.69, 9.17) is 0 Å². The molecule has 1 fully saturated rings. The van der Waals surface area contributed by atoms with Gasteiger partial charge in [-0.05, 0) is 32.1 Å². The first-order valence-electron chi connectivity index (χ1n) is 6.61. The van der Waals surface area contributed by atoms with Crippen LogP contribution in [0.15, 0.2) is 12.2 Å². The predicted octanol–water partition coefficient (Wildman–Crippen LogP) is 0.887. The van der Waals surface area contributed by atoms with Gasteiger partial charge in [0.1, 0.15) is 0 Å². The molecule has 2 bridgehead atoms. The summed E-state index contributed by atoms with van der Waals surface area (Å²) >= 11 is 1.41. The number of thiazole rings is 1. The molecule has 106 valence electrons. The maximum atomic E-state index is 12.4. The number of nitrogens with one attached hydrogen (secondary N) is 1. The molecule has 0 spiro atoms. The summed E-state index contributed by atoms with van der Waals surface area (Å²) in [6, 6.07) is 0. The number of carbonyl (C=O) groups is 2. The van der Waals surface area contributed by atoms with E-state index in [1.165, 1.54) is 11.3 Å². The van der Waals surface area contributed by atoms with Crippen molar-refractivity contribution in [1.29, 1.82) is 0 Å². The van der Waals surface area contributed by atoms with E-state index < -0.39 is 17.8 Å². The average Bonchev–Trinajstić information content (AvgIpc) is 3.04. The largest absolute Gasteiger partial charge is 0.550 e. The lowest BCUT2D eigenvalue weighted by molar-refractivity contribution is -0.313. The lowest BCUT2D eigenvalue weighted by atomic mass is 9.82. The molecular weight excluding hydrogens is 276 g/mol. The molecule has 6 heteroatoms. The van der Waals surface area contributed by atoms with Crippen molar-refractivity contribution in [1.82, 2.24) is 4.98 Å². The van der Waals surface area contributed by atoms with Crippen molar-refractivity contribution in [2.75, 3.05) is 5.32 Å². The number of fused-ring (bicyclic) bond motifs is 2. The Labute approximate surface area is 120 Å². The molecule has 1 saturated carbocycles. The third-order valence-corrected chi connectivity index (χ3v) is 5.28. The molecule has 0 saturated heterocycles. The van der Waals surface area contributed by atoms with Gasteiger partial charge in [-0.15, -0.1) is 11.3 Å². The number of amides is 1. The number of anilines is 1. The molecule has 1 N–H and O–H groups in total. The first-order valence-corrected chi connectivity index (χ1v) is 7.43. The second-order valence-electron chi connectivity index (χ2n) is 5.47. The lowest BCUT2D eigenvalue weighted by Crippen LogP contribution is -2.42. The highest BCUT2D eigenvalue weighted by Gasteiger charge is 2.48. The number of carboxylic acid groups (broad SMARTS) is 1. The Bertz CT molecular complexity index is 588. The molecule has 2 aliphatic carbocycles. The molecule has 1 heterocycles. The molecule has 4 atom stereocenters. The fourth-order valence-electron chi connectivity index (χ4n) is 3.22. The molecule has 1 aromatic heterocycles. The number of allylic oxidation sites excluding steroid dienone is 2. The Kier molecular flexibility index (Phi) is 3.12. The van der Waals surface area contributed by atoms with Crippen molar-refractivity contribution in [3.05, 3.63) is 22.7 Å². The van der Waals surface area contributed by atoms with Crippen LogP contribution in [0.25, 0.3) is 0 Å². The molecule has 0 aromatic carbocycles. The number of aliphatic carboxylic acids is 1. The predicted molar refractivity (Wildman–Crippen MR) is 72.9 cm³/mol. The molecule has 1 aromatic rings. The van der Waals surface area contributed by atoms with E-state index in [2.05, 4.69) is 10.3 Å². The van der Waals surface area contributed by atoms with E-state index in [0.717, 1.165) is 17.0 Å². The standard InChI is InChI=1S/C14H16N2O3S/c1-6-7(2)20-14(15-6)16-12(17)10-8-3-4-9(5-8)11(10)13(18)19/h3-4,8-11H,5H2,1-2H3,(H,18,19)(H,15,16,17)/p-1/t8-,9-,10+,11-/m0/s1. The van der Waals surface area contributed by atoms with Crippen molar-refractivity contribution >= 4 is 28.3 Å². The minimum atomic E-state index is -1.13. The molecular formula is C14H15N2O3S-. The quantitative estimate of drug-likeness (QED) is 0.838. The topological polar surface area (TPSA) is 82.1 Å². The lowest BCUT2D eigenvalue weighted by Gasteiger charge is -2.27. The van der Waals surface area contributed by atoms with E-state index in [0.29, 0.717) is 5.13 Å². The van der Waals surface area contributed by atoms with E-state index in [-0.39, 0.29) is 17.7 Å². The fraction of sp³-hybridized carbons (Fsp3) is 0.500. The van der Waals surface area contributed by atoms with Gasteiger partial charge in [0.25, 0.3) is 0 Å². The van der Waals surface area contributed by atoms with Crippen LogP contribution >= 0.6 is 11.3 Å². The van der Waals surface area contributed by atoms with Crippen LogP contribution in [0, 0.1) is 37.5 Å².